The molecule has 0 radical (unpaired) electrons. The van der Waals surface area contributed by atoms with E-state index in [0.29, 0.717) is 5.57 Å². The van der Waals surface area contributed by atoms with Crippen molar-refractivity contribution in [1.82, 2.24) is 0 Å². The van der Waals surface area contributed by atoms with Crippen LogP contribution in [-0.4, -0.2) is 82.2 Å². The number of fused-ring (bicyclic) bond motifs is 3. The first-order valence-electron chi connectivity index (χ1n) is 10.6. The van der Waals surface area contributed by atoms with E-state index >= 15 is 0 Å². The summed E-state index contributed by atoms with van der Waals surface area (Å²) >= 11 is 0. The van der Waals surface area contributed by atoms with Gasteiger partial charge in [-0.25, -0.2) is 0 Å². The molecular weight excluding hydrogens is 396 g/mol. The summed E-state index contributed by atoms with van der Waals surface area (Å²) in [4.78, 5) is 25.0. The minimum atomic E-state index is -1.54. The molecule has 30 heavy (non-hydrogen) atoms. The lowest BCUT2D eigenvalue weighted by molar-refractivity contribution is -0.299. The maximum Gasteiger partial charge on any atom is 0.309 e. The van der Waals surface area contributed by atoms with Gasteiger partial charge in [-0.05, 0) is 30.4 Å². The van der Waals surface area contributed by atoms with E-state index in [-0.39, 0.29) is 47.9 Å². The largest absolute Gasteiger partial charge is 0.461 e. The van der Waals surface area contributed by atoms with Gasteiger partial charge in [-0.15, -0.1) is 0 Å². The SMILES string of the molecule is CC1CCC2C(C)C(=O)OC2C2C(COC3OC(CO)C(O)C(O)C3O)=CC(=O)C12. The molecule has 2 aliphatic heterocycles. The summed E-state index contributed by atoms with van der Waals surface area (Å²) in [6, 6.07) is 0. The molecule has 2 saturated heterocycles. The minimum absolute atomic E-state index is 0.0174. The average Bonchev–Trinajstić information content (AvgIpc) is 3.14. The van der Waals surface area contributed by atoms with Crippen LogP contribution in [0.3, 0.4) is 0 Å². The van der Waals surface area contributed by atoms with E-state index in [0.717, 1.165) is 12.8 Å². The minimum Gasteiger partial charge on any atom is -0.461 e. The lowest BCUT2D eigenvalue weighted by Crippen LogP contribution is -2.59. The first kappa shape index (κ1) is 21.9. The summed E-state index contributed by atoms with van der Waals surface area (Å²) in [7, 11) is 0. The summed E-state index contributed by atoms with van der Waals surface area (Å²) in [5, 5.41) is 39.4. The van der Waals surface area contributed by atoms with E-state index in [1.807, 2.05) is 13.8 Å². The number of carbonyl (C=O) groups is 2. The van der Waals surface area contributed by atoms with Crippen molar-refractivity contribution in [2.45, 2.75) is 63.5 Å². The number of aliphatic hydroxyl groups excluding tert-OH is 4. The summed E-state index contributed by atoms with van der Waals surface area (Å²) in [5.41, 5.74) is 0.674. The lowest BCUT2D eigenvalue weighted by Gasteiger charge is -2.40. The molecule has 2 aliphatic carbocycles. The summed E-state index contributed by atoms with van der Waals surface area (Å²) in [5.74, 6) is -0.880. The van der Waals surface area contributed by atoms with Crippen LogP contribution in [0.1, 0.15) is 26.7 Å². The van der Waals surface area contributed by atoms with Crippen LogP contribution in [0.15, 0.2) is 11.6 Å². The molecule has 0 aromatic heterocycles. The molecule has 0 aromatic rings. The van der Waals surface area contributed by atoms with Crippen LogP contribution in [-0.2, 0) is 23.8 Å². The molecule has 4 N–H and O–H groups in total. The van der Waals surface area contributed by atoms with Gasteiger partial charge in [0.2, 0.25) is 0 Å². The van der Waals surface area contributed by atoms with Crippen molar-refractivity contribution in [2.75, 3.05) is 13.2 Å². The maximum absolute atomic E-state index is 12.8. The Morgan fingerprint density at radius 1 is 1.07 bits per heavy atom. The van der Waals surface area contributed by atoms with Gasteiger partial charge >= 0.3 is 5.97 Å². The number of ether oxygens (including phenoxy) is 3. The standard InChI is InChI=1S/C21H30O9/c1-8-3-4-11-9(2)20(27)30-19(11)15-10(5-12(23)14(8)15)7-28-21-18(26)17(25)16(24)13(6-22)29-21/h5,8-9,11,13-19,21-22,24-26H,3-4,6-7H2,1-2H3. The zero-order valence-corrected chi connectivity index (χ0v) is 17.1. The van der Waals surface area contributed by atoms with Gasteiger partial charge in [-0.2, -0.15) is 0 Å². The Labute approximate surface area is 174 Å². The molecule has 168 valence electrons. The van der Waals surface area contributed by atoms with Crippen molar-refractivity contribution in [1.29, 1.82) is 0 Å². The molecule has 0 spiro atoms. The zero-order chi connectivity index (χ0) is 21.7. The topological polar surface area (TPSA) is 143 Å². The van der Waals surface area contributed by atoms with Gasteiger partial charge in [-0.1, -0.05) is 13.8 Å². The molecule has 0 aromatic carbocycles. The smallest absolute Gasteiger partial charge is 0.309 e. The molecule has 0 amide bonds. The Hall–Kier alpha value is -1.36. The van der Waals surface area contributed by atoms with Gasteiger partial charge < -0.3 is 34.6 Å². The Bertz CT molecular complexity index is 719. The highest BCUT2D eigenvalue weighted by molar-refractivity contribution is 5.96. The molecule has 4 rings (SSSR count). The molecular formula is C21H30O9. The van der Waals surface area contributed by atoms with E-state index in [9.17, 15) is 30.0 Å². The highest BCUT2D eigenvalue weighted by Crippen LogP contribution is 2.50. The van der Waals surface area contributed by atoms with Crippen LogP contribution in [0.2, 0.25) is 0 Å². The van der Waals surface area contributed by atoms with Crippen LogP contribution < -0.4 is 0 Å². The van der Waals surface area contributed by atoms with Crippen molar-refractivity contribution in [3.05, 3.63) is 11.6 Å². The first-order valence-corrected chi connectivity index (χ1v) is 10.6. The van der Waals surface area contributed by atoms with Crippen LogP contribution >= 0.6 is 0 Å². The highest BCUT2D eigenvalue weighted by Gasteiger charge is 2.55. The quantitative estimate of drug-likeness (QED) is 0.423. The molecule has 11 unspecified atom stereocenters. The third kappa shape index (κ3) is 3.51. The Morgan fingerprint density at radius 3 is 2.50 bits per heavy atom. The number of hydrogen-bond donors (Lipinski definition) is 4. The number of ketones is 1. The van der Waals surface area contributed by atoms with Crippen molar-refractivity contribution in [2.24, 2.45) is 29.6 Å². The van der Waals surface area contributed by atoms with Gasteiger partial charge in [0, 0.05) is 17.8 Å². The second-order valence-corrected chi connectivity index (χ2v) is 9.09. The second kappa shape index (κ2) is 8.29. The first-order chi connectivity index (χ1) is 14.2. The van der Waals surface area contributed by atoms with Crippen LogP contribution in [0, 0.1) is 29.6 Å². The molecule has 1 saturated carbocycles. The number of esters is 1. The van der Waals surface area contributed by atoms with Crippen LogP contribution in [0.4, 0.5) is 0 Å². The second-order valence-electron chi connectivity index (χ2n) is 9.09. The fourth-order valence-corrected chi connectivity index (χ4v) is 5.53. The van der Waals surface area contributed by atoms with Gasteiger partial charge in [0.15, 0.2) is 12.1 Å². The Kier molecular flexibility index (Phi) is 6.04. The molecule has 0 bridgehead atoms. The number of hydrogen-bond acceptors (Lipinski definition) is 9. The average molecular weight is 426 g/mol. The number of aliphatic hydroxyl groups is 4. The van der Waals surface area contributed by atoms with Crippen molar-refractivity contribution < 1.29 is 44.2 Å². The predicted octanol–water partition coefficient (Wildman–Crippen LogP) is -0.848. The van der Waals surface area contributed by atoms with E-state index < -0.39 is 43.4 Å². The zero-order valence-electron chi connectivity index (χ0n) is 17.1. The molecule has 2 heterocycles. The third-order valence-electron chi connectivity index (χ3n) is 7.34. The molecule has 9 nitrogen and oxygen atoms in total. The summed E-state index contributed by atoms with van der Waals surface area (Å²) in [6.45, 7) is 3.30. The van der Waals surface area contributed by atoms with Crippen molar-refractivity contribution in [3.63, 3.8) is 0 Å². The maximum atomic E-state index is 12.8. The number of carbonyl (C=O) groups excluding carboxylic acids is 2. The fraction of sp³-hybridized carbons (Fsp3) is 0.810. The Balaban J connectivity index is 1.52. The molecule has 11 atom stereocenters. The number of rotatable bonds is 4. The van der Waals surface area contributed by atoms with E-state index in [1.54, 1.807) is 0 Å². The monoisotopic (exact) mass is 426 g/mol. The highest BCUT2D eigenvalue weighted by atomic mass is 16.7. The van der Waals surface area contributed by atoms with Crippen LogP contribution in [0.25, 0.3) is 0 Å². The van der Waals surface area contributed by atoms with Crippen molar-refractivity contribution >= 4 is 11.8 Å². The van der Waals surface area contributed by atoms with Crippen LogP contribution in [0.5, 0.6) is 0 Å². The fourth-order valence-electron chi connectivity index (χ4n) is 5.53. The lowest BCUT2D eigenvalue weighted by atomic mass is 9.77. The molecule has 3 fully saturated rings. The van der Waals surface area contributed by atoms with E-state index in [2.05, 4.69) is 0 Å². The summed E-state index contributed by atoms with van der Waals surface area (Å²) < 4.78 is 16.8. The van der Waals surface area contributed by atoms with E-state index in [1.165, 1.54) is 6.08 Å². The number of allylic oxidation sites excluding steroid dienone is 1. The van der Waals surface area contributed by atoms with Gasteiger partial charge in [0.1, 0.15) is 30.5 Å². The van der Waals surface area contributed by atoms with Gasteiger partial charge in [0.25, 0.3) is 0 Å². The summed E-state index contributed by atoms with van der Waals surface area (Å²) in [6.07, 6.45) is -4.06. The normalized spacial score (nSPS) is 48.6. The molecule has 4 aliphatic rings. The Morgan fingerprint density at radius 2 is 1.80 bits per heavy atom. The van der Waals surface area contributed by atoms with E-state index in [4.69, 9.17) is 14.2 Å². The van der Waals surface area contributed by atoms with Gasteiger partial charge in [0.05, 0.1) is 19.1 Å². The third-order valence-corrected chi connectivity index (χ3v) is 7.34. The predicted molar refractivity (Wildman–Crippen MR) is 101 cm³/mol. The molecule has 9 heteroatoms. The van der Waals surface area contributed by atoms with Crippen molar-refractivity contribution in [3.8, 4) is 0 Å². The van der Waals surface area contributed by atoms with Gasteiger partial charge in [-0.3, -0.25) is 9.59 Å².